The van der Waals surface area contributed by atoms with E-state index in [1.54, 1.807) is 12.0 Å². The number of aromatic nitrogens is 2. The highest BCUT2D eigenvalue weighted by Crippen LogP contribution is 2.24. The molecule has 2 N–H and O–H groups in total. The number of piperidine rings is 1. The van der Waals surface area contributed by atoms with Gasteiger partial charge in [0.2, 0.25) is 0 Å². The van der Waals surface area contributed by atoms with E-state index in [-0.39, 0.29) is 6.09 Å². The van der Waals surface area contributed by atoms with Crippen LogP contribution in [0.1, 0.15) is 25.3 Å². The van der Waals surface area contributed by atoms with Crippen LogP contribution in [0.3, 0.4) is 0 Å². The molecule has 1 aliphatic heterocycles. The summed E-state index contributed by atoms with van der Waals surface area (Å²) in [6.45, 7) is 4.45. The number of hydrogen-bond acceptors (Lipinski definition) is 5. The lowest BCUT2D eigenvalue weighted by atomic mass is 10.0. The molecule has 26 heavy (non-hydrogen) atoms. The van der Waals surface area contributed by atoms with E-state index in [0.29, 0.717) is 12.6 Å². The monoisotopic (exact) mass is 358 g/mol. The van der Waals surface area contributed by atoms with E-state index in [1.807, 2.05) is 37.4 Å². The van der Waals surface area contributed by atoms with Gasteiger partial charge in [-0.15, -0.1) is 0 Å². The van der Waals surface area contributed by atoms with Gasteiger partial charge in [0.25, 0.3) is 0 Å². The molecule has 0 aliphatic carbocycles. The zero-order valence-electron chi connectivity index (χ0n) is 15.3. The number of likely N-dealkylation sites (tertiary alicyclic amines) is 1. The molecule has 1 aromatic carbocycles. The van der Waals surface area contributed by atoms with Gasteiger partial charge in [0.05, 0.1) is 25.6 Å². The van der Waals surface area contributed by atoms with Gasteiger partial charge in [-0.25, -0.2) is 4.79 Å². The summed E-state index contributed by atoms with van der Waals surface area (Å²) in [5, 5.41) is 10.9. The van der Waals surface area contributed by atoms with Gasteiger partial charge in [-0.3, -0.25) is 5.10 Å². The Bertz CT molecular complexity index is 706. The van der Waals surface area contributed by atoms with Gasteiger partial charge < -0.3 is 19.7 Å². The molecule has 0 bridgehead atoms. The summed E-state index contributed by atoms with van der Waals surface area (Å²) in [5.41, 5.74) is 3.23. The molecule has 140 valence electrons. The third-order valence-electron chi connectivity index (χ3n) is 4.70. The fourth-order valence-electron chi connectivity index (χ4n) is 3.19. The number of aromatic amines is 1. The van der Waals surface area contributed by atoms with E-state index in [1.165, 1.54) is 0 Å². The number of amides is 1. The normalized spacial score (nSPS) is 15.1. The molecule has 0 saturated carbocycles. The van der Waals surface area contributed by atoms with Crippen LogP contribution in [0.4, 0.5) is 4.79 Å². The Kier molecular flexibility index (Phi) is 6.12. The minimum Gasteiger partial charge on any atom is -0.497 e. The van der Waals surface area contributed by atoms with E-state index >= 15 is 0 Å². The molecular weight excluding hydrogens is 332 g/mol. The Morgan fingerprint density at radius 1 is 1.31 bits per heavy atom. The smallest absolute Gasteiger partial charge is 0.409 e. The van der Waals surface area contributed by atoms with Crippen molar-refractivity contribution in [3.63, 3.8) is 0 Å². The third kappa shape index (κ3) is 4.35. The highest BCUT2D eigenvalue weighted by atomic mass is 16.6. The van der Waals surface area contributed by atoms with Gasteiger partial charge in [-0.2, -0.15) is 5.10 Å². The third-order valence-corrected chi connectivity index (χ3v) is 4.70. The topological polar surface area (TPSA) is 79.5 Å². The lowest BCUT2D eigenvalue weighted by Crippen LogP contribution is -2.44. The van der Waals surface area contributed by atoms with Crippen LogP contribution in [0.15, 0.2) is 30.5 Å². The number of methoxy groups -OCH3 is 1. The Balaban J connectivity index is 1.53. The van der Waals surface area contributed by atoms with Crippen molar-refractivity contribution >= 4 is 6.09 Å². The van der Waals surface area contributed by atoms with Crippen molar-refractivity contribution in [3.05, 3.63) is 36.0 Å². The number of benzene rings is 1. The van der Waals surface area contributed by atoms with Crippen molar-refractivity contribution in [2.45, 2.75) is 32.4 Å². The second kappa shape index (κ2) is 8.71. The molecule has 1 amide bonds. The Labute approximate surface area is 153 Å². The Hall–Kier alpha value is -2.54. The summed E-state index contributed by atoms with van der Waals surface area (Å²) in [6.07, 6.45) is 3.51. The first-order chi connectivity index (χ1) is 12.7. The van der Waals surface area contributed by atoms with Crippen LogP contribution >= 0.6 is 0 Å². The molecule has 2 aromatic rings. The summed E-state index contributed by atoms with van der Waals surface area (Å²) in [7, 11) is 1.66. The van der Waals surface area contributed by atoms with Gasteiger partial charge in [0.15, 0.2) is 0 Å². The molecule has 1 aliphatic rings. The lowest BCUT2D eigenvalue weighted by Gasteiger charge is -2.31. The van der Waals surface area contributed by atoms with Crippen LogP contribution in [0.25, 0.3) is 11.3 Å². The zero-order chi connectivity index (χ0) is 18.4. The van der Waals surface area contributed by atoms with Crippen molar-refractivity contribution in [2.24, 2.45) is 0 Å². The van der Waals surface area contributed by atoms with Crippen LogP contribution in [-0.4, -0.2) is 54.0 Å². The molecule has 1 fully saturated rings. The molecule has 1 saturated heterocycles. The maximum Gasteiger partial charge on any atom is 0.409 e. The zero-order valence-corrected chi connectivity index (χ0v) is 15.3. The average Bonchev–Trinajstić information content (AvgIpc) is 3.15. The van der Waals surface area contributed by atoms with Crippen molar-refractivity contribution in [3.8, 4) is 17.0 Å². The molecule has 1 aromatic heterocycles. The molecule has 0 radical (unpaired) electrons. The minimum absolute atomic E-state index is 0.206. The van der Waals surface area contributed by atoms with Crippen LogP contribution < -0.4 is 10.1 Å². The molecular formula is C19H26N4O3. The molecule has 0 unspecified atom stereocenters. The number of carbonyl (C=O) groups excluding carboxylic acids is 1. The minimum atomic E-state index is -0.206. The molecule has 7 heteroatoms. The highest BCUT2D eigenvalue weighted by Gasteiger charge is 2.23. The fourth-order valence-corrected chi connectivity index (χ4v) is 3.19. The molecule has 0 atom stereocenters. The van der Waals surface area contributed by atoms with Crippen molar-refractivity contribution in [1.82, 2.24) is 20.4 Å². The largest absolute Gasteiger partial charge is 0.497 e. The lowest BCUT2D eigenvalue weighted by molar-refractivity contribution is 0.0950. The number of nitrogens with zero attached hydrogens (tertiary/aromatic N) is 2. The highest BCUT2D eigenvalue weighted by molar-refractivity contribution is 5.67. The van der Waals surface area contributed by atoms with Gasteiger partial charge in [0, 0.05) is 36.8 Å². The summed E-state index contributed by atoms with van der Waals surface area (Å²) < 4.78 is 10.3. The summed E-state index contributed by atoms with van der Waals surface area (Å²) in [6, 6.07) is 8.32. The van der Waals surface area contributed by atoms with E-state index < -0.39 is 0 Å². The second-order valence-electron chi connectivity index (χ2n) is 6.34. The Morgan fingerprint density at radius 3 is 2.69 bits per heavy atom. The number of hydrogen-bond donors (Lipinski definition) is 2. The molecule has 0 spiro atoms. The van der Waals surface area contributed by atoms with Crippen LogP contribution in [0.5, 0.6) is 5.75 Å². The van der Waals surface area contributed by atoms with Gasteiger partial charge >= 0.3 is 6.09 Å². The van der Waals surface area contributed by atoms with E-state index in [4.69, 9.17) is 9.47 Å². The second-order valence-corrected chi connectivity index (χ2v) is 6.34. The van der Waals surface area contributed by atoms with E-state index in [0.717, 1.165) is 55.0 Å². The van der Waals surface area contributed by atoms with Gasteiger partial charge in [-0.1, -0.05) is 0 Å². The first kappa shape index (κ1) is 18.3. The predicted octanol–water partition coefficient (Wildman–Crippen LogP) is 2.80. The molecule has 2 heterocycles. The van der Waals surface area contributed by atoms with E-state index in [2.05, 4.69) is 15.5 Å². The summed E-state index contributed by atoms with van der Waals surface area (Å²) in [5.74, 6) is 0.835. The molecule has 3 rings (SSSR count). The number of H-pyrrole nitrogens is 1. The van der Waals surface area contributed by atoms with Gasteiger partial charge in [-0.05, 0) is 44.0 Å². The SMILES string of the molecule is CCOC(=O)N1CCC(NCc2cn[nH]c2-c2ccc(OC)cc2)CC1. The summed E-state index contributed by atoms with van der Waals surface area (Å²) >= 11 is 0. The Morgan fingerprint density at radius 2 is 2.04 bits per heavy atom. The van der Waals surface area contributed by atoms with Gasteiger partial charge in [0.1, 0.15) is 5.75 Å². The number of nitrogens with one attached hydrogen (secondary N) is 2. The molecule has 7 nitrogen and oxygen atoms in total. The van der Waals surface area contributed by atoms with Crippen LogP contribution in [0.2, 0.25) is 0 Å². The van der Waals surface area contributed by atoms with Crippen molar-refractivity contribution in [2.75, 3.05) is 26.8 Å². The average molecular weight is 358 g/mol. The summed E-state index contributed by atoms with van der Waals surface area (Å²) in [4.78, 5) is 13.5. The number of ether oxygens (including phenoxy) is 2. The predicted molar refractivity (Wildman–Crippen MR) is 99.0 cm³/mol. The number of rotatable bonds is 6. The van der Waals surface area contributed by atoms with Crippen LogP contribution in [0, 0.1) is 0 Å². The number of carbonyl (C=O) groups is 1. The first-order valence-electron chi connectivity index (χ1n) is 9.03. The standard InChI is InChI=1S/C19H26N4O3/c1-3-26-19(24)23-10-8-16(9-11-23)20-12-15-13-21-22-18(15)14-4-6-17(25-2)7-5-14/h4-7,13,16,20H,3,8-12H2,1-2H3,(H,21,22). The maximum absolute atomic E-state index is 11.8. The quantitative estimate of drug-likeness (QED) is 0.830. The first-order valence-corrected chi connectivity index (χ1v) is 9.03. The van der Waals surface area contributed by atoms with Crippen molar-refractivity contribution in [1.29, 1.82) is 0 Å². The fraction of sp³-hybridized carbons (Fsp3) is 0.474. The maximum atomic E-state index is 11.8. The van der Waals surface area contributed by atoms with E-state index in [9.17, 15) is 4.79 Å². The van der Waals surface area contributed by atoms with Crippen LogP contribution in [-0.2, 0) is 11.3 Å². The van der Waals surface area contributed by atoms with Crippen molar-refractivity contribution < 1.29 is 14.3 Å².